The highest BCUT2D eigenvalue weighted by Crippen LogP contribution is 2.36. The van der Waals surface area contributed by atoms with Crippen LogP contribution in [0.25, 0.3) is 38.8 Å². The Balaban J connectivity index is 1.87. The van der Waals surface area contributed by atoms with Crippen molar-refractivity contribution in [1.82, 2.24) is 14.5 Å². The summed E-state index contributed by atoms with van der Waals surface area (Å²) >= 11 is 0. The number of hydrogen-bond donors (Lipinski definition) is 0. The van der Waals surface area contributed by atoms with Gasteiger partial charge in [-0.1, -0.05) is 48.5 Å². The number of imidazole rings is 1. The van der Waals surface area contributed by atoms with Gasteiger partial charge >= 0.3 is 5.97 Å². The maximum Gasteiger partial charge on any atom is 0.340 e. The summed E-state index contributed by atoms with van der Waals surface area (Å²) in [7, 11) is 0. The van der Waals surface area contributed by atoms with E-state index in [1.165, 1.54) is 0 Å². The molecule has 5 rings (SSSR count). The van der Waals surface area contributed by atoms with Crippen LogP contribution in [0.1, 0.15) is 17.3 Å². The van der Waals surface area contributed by atoms with Gasteiger partial charge in [0, 0.05) is 22.8 Å². The van der Waals surface area contributed by atoms with Gasteiger partial charge < -0.3 is 4.74 Å². The normalized spacial score (nSPS) is 11.1. The molecule has 0 atom stereocenters. The number of pyridine rings is 1. The zero-order valence-corrected chi connectivity index (χ0v) is 16.4. The number of aromatic nitrogens is 3. The summed E-state index contributed by atoms with van der Waals surface area (Å²) in [6.07, 6.45) is 3.41. The van der Waals surface area contributed by atoms with Crippen molar-refractivity contribution in [2.45, 2.75) is 6.92 Å². The van der Waals surface area contributed by atoms with Crippen molar-refractivity contribution >= 4 is 27.9 Å². The average Bonchev–Trinajstić information content (AvgIpc) is 3.24. The molecule has 0 fully saturated rings. The van der Waals surface area contributed by atoms with Crippen molar-refractivity contribution in [1.29, 1.82) is 0 Å². The van der Waals surface area contributed by atoms with Gasteiger partial charge in [0.1, 0.15) is 6.33 Å². The summed E-state index contributed by atoms with van der Waals surface area (Å²) in [5.41, 5.74) is 5.72. The van der Waals surface area contributed by atoms with E-state index < -0.39 is 0 Å². The molecule has 2 aromatic heterocycles. The fraction of sp³-hybridized carbons (Fsp3) is 0.0800. The van der Waals surface area contributed by atoms with E-state index in [1.54, 1.807) is 13.1 Å². The van der Waals surface area contributed by atoms with Gasteiger partial charge in [0.05, 0.1) is 28.7 Å². The van der Waals surface area contributed by atoms with Crippen LogP contribution in [-0.2, 0) is 4.74 Å². The minimum atomic E-state index is -0.384. The Bertz CT molecular complexity index is 1360. The van der Waals surface area contributed by atoms with Crippen LogP contribution in [0.2, 0.25) is 0 Å². The molecule has 0 bridgehead atoms. The molecule has 0 radical (unpaired) electrons. The van der Waals surface area contributed by atoms with E-state index in [4.69, 9.17) is 9.72 Å². The van der Waals surface area contributed by atoms with Crippen molar-refractivity contribution < 1.29 is 9.53 Å². The first kappa shape index (κ1) is 18.1. The summed E-state index contributed by atoms with van der Waals surface area (Å²) in [4.78, 5) is 22.0. The zero-order valence-electron chi connectivity index (χ0n) is 16.4. The number of nitrogens with zero attached hydrogens (tertiary/aromatic N) is 3. The van der Waals surface area contributed by atoms with Crippen molar-refractivity contribution in [3.05, 3.63) is 90.9 Å². The third-order valence-electron chi connectivity index (χ3n) is 5.14. The highest BCUT2D eigenvalue weighted by Gasteiger charge is 2.21. The molecule has 2 heterocycles. The van der Waals surface area contributed by atoms with E-state index in [0.717, 1.165) is 38.8 Å². The molecule has 0 aliphatic carbocycles. The largest absolute Gasteiger partial charge is 0.462 e. The Hall–Kier alpha value is -3.99. The van der Waals surface area contributed by atoms with Crippen LogP contribution in [-0.4, -0.2) is 27.1 Å². The van der Waals surface area contributed by atoms with E-state index in [9.17, 15) is 4.79 Å². The zero-order chi connectivity index (χ0) is 20.5. The Morgan fingerprint density at radius 2 is 1.67 bits per heavy atom. The molecule has 0 aliphatic heterocycles. The van der Waals surface area contributed by atoms with Gasteiger partial charge in [-0.3, -0.25) is 9.55 Å². The molecule has 0 unspecified atom stereocenters. The maximum absolute atomic E-state index is 12.8. The van der Waals surface area contributed by atoms with Crippen LogP contribution in [0.4, 0.5) is 0 Å². The highest BCUT2D eigenvalue weighted by atomic mass is 16.5. The van der Waals surface area contributed by atoms with Crippen molar-refractivity contribution in [2.75, 3.05) is 6.61 Å². The van der Waals surface area contributed by atoms with E-state index in [0.29, 0.717) is 12.2 Å². The predicted molar refractivity (Wildman–Crippen MR) is 118 cm³/mol. The molecule has 5 aromatic rings. The SMILES string of the molecule is CCOC(=O)c1cnc2ccc3c(ncn3-c3ccccc3)c2c1-c1ccccc1. The fourth-order valence-electron chi connectivity index (χ4n) is 3.82. The van der Waals surface area contributed by atoms with E-state index in [-0.39, 0.29) is 5.97 Å². The number of para-hydroxylation sites is 1. The average molecular weight is 393 g/mol. The van der Waals surface area contributed by atoms with Crippen LogP contribution in [0.3, 0.4) is 0 Å². The number of fused-ring (bicyclic) bond motifs is 3. The van der Waals surface area contributed by atoms with E-state index in [2.05, 4.69) is 4.98 Å². The van der Waals surface area contributed by atoms with Crippen LogP contribution < -0.4 is 0 Å². The minimum absolute atomic E-state index is 0.304. The number of ether oxygens (including phenoxy) is 1. The molecule has 30 heavy (non-hydrogen) atoms. The molecule has 0 N–H and O–H groups in total. The quantitative estimate of drug-likeness (QED) is 0.383. The van der Waals surface area contributed by atoms with Crippen LogP contribution in [0.15, 0.2) is 85.3 Å². The van der Waals surface area contributed by atoms with Gasteiger partial charge in [-0.15, -0.1) is 0 Å². The summed E-state index contributed by atoms with van der Waals surface area (Å²) in [6, 6.07) is 23.9. The lowest BCUT2D eigenvalue weighted by atomic mass is 9.95. The van der Waals surface area contributed by atoms with Crippen LogP contribution in [0, 0.1) is 0 Å². The van der Waals surface area contributed by atoms with Gasteiger partial charge in [0.15, 0.2) is 0 Å². The van der Waals surface area contributed by atoms with Gasteiger partial charge in [-0.25, -0.2) is 9.78 Å². The van der Waals surface area contributed by atoms with Crippen molar-refractivity contribution in [3.63, 3.8) is 0 Å². The third kappa shape index (κ3) is 2.92. The number of benzene rings is 3. The van der Waals surface area contributed by atoms with Crippen LogP contribution in [0.5, 0.6) is 0 Å². The maximum atomic E-state index is 12.8. The van der Waals surface area contributed by atoms with Crippen LogP contribution >= 0.6 is 0 Å². The Morgan fingerprint density at radius 1 is 0.933 bits per heavy atom. The lowest BCUT2D eigenvalue weighted by Crippen LogP contribution is -2.08. The van der Waals surface area contributed by atoms with E-state index in [1.807, 2.05) is 83.7 Å². The molecule has 3 aromatic carbocycles. The molecule has 5 nitrogen and oxygen atoms in total. The first-order chi connectivity index (χ1) is 14.8. The molecule has 0 saturated carbocycles. The lowest BCUT2D eigenvalue weighted by Gasteiger charge is -2.13. The predicted octanol–water partition coefficient (Wildman–Crippen LogP) is 5.42. The summed E-state index contributed by atoms with van der Waals surface area (Å²) < 4.78 is 7.36. The first-order valence-electron chi connectivity index (χ1n) is 9.84. The lowest BCUT2D eigenvalue weighted by molar-refractivity contribution is 0.0527. The van der Waals surface area contributed by atoms with Gasteiger partial charge in [-0.05, 0) is 36.8 Å². The number of esters is 1. The molecule has 146 valence electrons. The van der Waals surface area contributed by atoms with Gasteiger partial charge in [-0.2, -0.15) is 0 Å². The first-order valence-corrected chi connectivity index (χ1v) is 9.84. The second-order valence-corrected chi connectivity index (χ2v) is 6.91. The standard InChI is InChI=1S/C25H19N3O2/c1-2-30-25(29)19-15-26-20-13-14-21-24(23(20)22(19)17-9-5-3-6-10-17)27-16-28(21)18-11-7-4-8-12-18/h3-16H,2H2,1H3. The highest BCUT2D eigenvalue weighted by molar-refractivity contribution is 6.15. The summed E-state index contributed by atoms with van der Waals surface area (Å²) in [6.45, 7) is 2.10. The molecular formula is C25H19N3O2. The topological polar surface area (TPSA) is 57.0 Å². The molecular weight excluding hydrogens is 374 g/mol. The Kier molecular flexibility index (Phi) is 4.48. The second kappa shape index (κ2) is 7.44. The van der Waals surface area contributed by atoms with E-state index >= 15 is 0 Å². The number of hydrogen-bond acceptors (Lipinski definition) is 4. The molecule has 0 amide bonds. The molecule has 0 spiro atoms. The monoisotopic (exact) mass is 393 g/mol. The summed E-state index contributed by atoms with van der Waals surface area (Å²) in [5.74, 6) is -0.384. The number of rotatable bonds is 4. The van der Waals surface area contributed by atoms with Gasteiger partial charge in [0.25, 0.3) is 0 Å². The third-order valence-corrected chi connectivity index (χ3v) is 5.14. The van der Waals surface area contributed by atoms with Gasteiger partial charge in [0.2, 0.25) is 0 Å². The minimum Gasteiger partial charge on any atom is -0.462 e. The van der Waals surface area contributed by atoms with Crippen molar-refractivity contribution in [3.8, 4) is 16.8 Å². The summed E-state index contributed by atoms with van der Waals surface area (Å²) in [5, 5.41) is 0.846. The molecule has 0 aliphatic rings. The fourth-order valence-corrected chi connectivity index (χ4v) is 3.82. The Morgan fingerprint density at radius 3 is 2.40 bits per heavy atom. The Labute approximate surface area is 173 Å². The number of carbonyl (C=O) groups is 1. The molecule has 5 heteroatoms. The van der Waals surface area contributed by atoms with Crippen molar-refractivity contribution in [2.24, 2.45) is 0 Å². The molecule has 0 saturated heterocycles. The number of carbonyl (C=O) groups excluding carboxylic acids is 1. The smallest absolute Gasteiger partial charge is 0.340 e. The second-order valence-electron chi connectivity index (χ2n) is 6.91.